The molecule has 0 N–H and O–H groups in total. The molecular weight excluding hydrogens is 312 g/mol. The summed E-state index contributed by atoms with van der Waals surface area (Å²) in [6.07, 6.45) is 6.96. The summed E-state index contributed by atoms with van der Waals surface area (Å²) in [4.78, 5) is 30.5. The van der Waals surface area contributed by atoms with Crippen LogP contribution in [0.25, 0.3) is 0 Å². The van der Waals surface area contributed by atoms with Crippen LogP contribution in [0, 0.1) is 11.8 Å². The van der Waals surface area contributed by atoms with Crippen molar-refractivity contribution in [1.82, 2.24) is 0 Å². The van der Waals surface area contributed by atoms with Crippen molar-refractivity contribution in [1.29, 1.82) is 0 Å². The molecule has 1 aliphatic rings. The first-order chi connectivity index (χ1) is 11.7. The van der Waals surface area contributed by atoms with Gasteiger partial charge in [-0.25, -0.2) is 9.59 Å². The lowest BCUT2D eigenvalue weighted by molar-refractivity contribution is 0.522. The molecule has 0 atom stereocenters. The van der Waals surface area contributed by atoms with Crippen molar-refractivity contribution >= 4 is 23.5 Å². The normalized spacial score (nSPS) is 15.0. The summed E-state index contributed by atoms with van der Waals surface area (Å²) < 4.78 is 0. The molecule has 0 amide bonds. The van der Waals surface area contributed by atoms with Gasteiger partial charge in [-0.05, 0) is 59.6 Å². The monoisotopic (exact) mass is 340 g/mol. The minimum atomic E-state index is -0.0497. The summed E-state index contributed by atoms with van der Waals surface area (Å²) in [5.41, 5.74) is 5.71. The third-order valence-corrected chi connectivity index (χ3v) is 4.98. The second-order valence-corrected chi connectivity index (χ2v) is 8.49. The maximum absolute atomic E-state index is 11.2. The van der Waals surface area contributed by atoms with E-state index in [-0.39, 0.29) is 5.41 Å². The minimum absolute atomic E-state index is 0.0497. The molecule has 0 radical (unpaired) electrons. The van der Waals surface area contributed by atoms with Gasteiger partial charge in [0.2, 0.25) is 12.2 Å². The van der Waals surface area contributed by atoms with E-state index in [1.165, 1.54) is 5.56 Å². The molecule has 134 valence electrons. The van der Waals surface area contributed by atoms with Crippen molar-refractivity contribution in [3.05, 3.63) is 22.3 Å². The van der Waals surface area contributed by atoms with E-state index < -0.39 is 0 Å². The smallest absolute Gasteiger partial charge is 0.211 e. The summed E-state index contributed by atoms with van der Waals surface area (Å²) in [7, 11) is 0. The van der Waals surface area contributed by atoms with Crippen LogP contribution >= 0.6 is 0 Å². The van der Waals surface area contributed by atoms with Gasteiger partial charge in [-0.1, -0.05) is 41.5 Å². The van der Waals surface area contributed by atoms with Crippen LogP contribution in [-0.2, 0) is 34.3 Å². The predicted molar refractivity (Wildman–Crippen MR) is 100 cm³/mol. The number of hydrogen-bond acceptors (Lipinski definition) is 4. The maximum Gasteiger partial charge on any atom is 0.240 e. The zero-order chi connectivity index (χ0) is 18.8. The Kier molecular flexibility index (Phi) is 5.77. The van der Waals surface area contributed by atoms with Crippen LogP contribution < -0.4 is 0 Å². The highest BCUT2D eigenvalue weighted by Crippen LogP contribution is 2.51. The fourth-order valence-corrected chi connectivity index (χ4v) is 4.03. The van der Waals surface area contributed by atoms with E-state index in [2.05, 4.69) is 51.5 Å². The topological polar surface area (TPSA) is 58.9 Å². The Labute approximate surface area is 150 Å². The molecule has 1 aliphatic carbocycles. The predicted octanol–water partition coefficient (Wildman–Crippen LogP) is 5.24. The van der Waals surface area contributed by atoms with Gasteiger partial charge in [-0.3, -0.25) is 0 Å². The first-order valence-electron chi connectivity index (χ1n) is 9.09. The van der Waals surface area contributed by atoms with Crippen LogP contribution in [0.4, 0.5) is 11.4 Å². The van der Waals surface area contributed by atoms with Gasteiger partial charge in [0.25, 0.3) is 0 Å². The first kappa shape index (κ1) is 19.3. The Hall–Kier alpha value is -2.02. The number of rotatable bonds is 6. The van der Waals surface area contributed by atoms with Gasteiger partial charge in [-0.2, -0.15) is 9.98 Å². The average Bonchev–Trinajstić information content (AvgIpc) is 2.81. The van der Waals surface area contributed by atoms with Crippen molar-refractivity contribution in [2.24, 2.45) is 21.8 Å². The SMILES string of the molecule is CC(C)Cc1c2c(c(N=C=O)c(CC(C)C)c1N=C=O)C(C)(C)CC2. The number of fused-ring (bicyclic) bond motifs is 1. The third kappa shape index (κ3) is 3.81. The van der Waals surface area contributed by atoms with E-state index in [4.69, 9.17) is 0 Å². The average molecular weight is 340 g/mol. The maximum atomic E-state index is 11.2. The van der Waals surface area contributed by atoms with Crippen molar-refractivity contribution in [3.63, 3.8) is 0 Å². The molecule has 0 aromatic heterocycles. The van der Waals surface area contributed by atoms with Crippen LogP contribution in [0.15, 0.2) is 9.98 Å². The van der Waals surface area contributed by atoms with E-state index in [0.29, 0.717) is 23.2 Å². The van der Waals surface area contributed by atoms with Crippen LogP contribution in [0.3, 0.4) is 0 Å². The molecule has 0 unspecified atom stereocenters. The molecular formula is C21H28N2O2. The quantitative estimate of drug-likeness (QED) is 0.525. The van der Waals surface area contributed by atoms with Crippen LogP contribution in [-0.4, -0.2) is 12.2 Å². The molecule has 0 spiro atoms. The fourth-order valence-electron chi connectivity index (χ4n) is 4.03. The summed E-state index contributed by atoms with van der Waals surface area (Å²) in [5, 5.41) is 0. The third-order valence-electron chi connectivity index (χ3n) is 4.98. The highest BCUT2D eigenvalue weighted by molar-refractivity contribution is 5.77. The Morgan fingerprint density at radius 2 is 1.44 bits per heavy atom. The Morgan fingerprint density at radius 1 is 0.920 bits per heavy atom. The number of hydrogen-bond donors (Lipinski definition) is 0. The van der Waals surface area contributed by atoms with E-state index in [9.17, 15) is 9.59 Å². The molecule has 1 aromatic carbocycles. The summed E-state index contributed by atoms with van der Waals surface area (Å²) in [5.74, 6) is 0.802. The van der Waals surface area contributed by atoms with Gasteiger partial charge in [0.05, 0.1) is 11.4 Å². The summed E-state index contributed by atoms with van der Waals surface area (Å²) in [6, 6.07) is 0. The van der Waals surface area contributed by atoms with E-state index in [1.807, 2.05) is 0 Å². The first-order valence-corrected chi connectivity index (χ1v) is 9.09. The Bertz CT molecular complexity index is 763. The largest absolute Gasteiger partial charge is 0.240 e. The van der Waals surface area contributed by atoms with Crippen molar-refractivity contribution in [3.8, 4) is 0 Å². The molecule has 25 heavy (non-hydrogen) atoms. The summed E-state index contributed by atoms with van der Waals surface area (Å²) >= 11 is 0. The van der Waals surface area contributed by atoms with E-state index in [0.717, 1.165) is 42.4 Å². The fraction of sp³-hybridized carbons (Fsp3) is 0.619. The van der Waals surface area contributed by atoms with E-state index >= 15 is 0 Å². The molecule has 0 fully saturated rings. The second-order valence-electron chi connectivity index (χ2n) is 8.49. The second kappa shape index (κ2) is 7.47. The van der Waals surface area contributed by atoms with Crippen molar-refractivity contribution in [2.45, 2.75) is 72.6 Å². The molecule has 4 nitrogen and oxygen atoms in total. The Morgan fingerprint density at radius 3 is 1.96 bits per heavy atom. The lowest BCUT2D eigenvalue weighted by Gasteiger charge is -2.26. The molecule has 1 aromatic rings. The minimum Gasteiger partial charge on any atom is -0.211 e. The van der Waals surface area contributed by atoms with Gasteiger partial charge in [0.15, 0.2) is 0 Å². The van der Waals surface area contributed by atoms with Crippen molar-refractivity contribution < 1.29 is 9.59 Å². The molecule has 0 saturated heterocycles. The molecule has 0 aliphatic heterocycles. The number of carbonyl (C=O) groups excluding carboxylic acids is 2. The standard InChI is InChI=1S/C21H28N2O2/c1-13(2)9-16-15-7-8-21(5,6)18(15)20(23-12-25)17(10-14(3)4)19(16)22-11-24/h13-14H,7-10H2,1-6H3. The van der Waals surface area contributed by atoms with Gasteiger partial charge < -0.3 is 0 Å². The Balaban J connectivity index is 2.96. The van der Waals surface area contributed by atoms with Crippen molar-refractivity contribution in [2.75, 3.05) is 0 Å². The van der Waals surface area contributed by atoms with Crippen LogP contribution in [0.1, 0.15) is 70.2 Å². The van der Waals surface area contributed by atoms with Gasteiger partial charge in [0, 0.05) is 5.56 Å². The lowest BCUT2D eigenvalue weighted by Crippen LogP contribution is -2.14. The highest BCUT2D eigenvalue weighted by Gasteiger charge is 2.37. The van der Waals surface area contributed by atoms with E-state index in [1.54, 1.807) is 12.2 Å². The van der Waals surface area contributed by atoms with Gasteiger partial charge in [0.1, 0.15) is 0 Å². The number of nitrogens with zero attached hydrogens (tertiary/aromatic N) is 2. The number of aliphatic imine (C=N–C) groups is 2. The molecule has 0 heterocycles. The zero-order valence-electron chi connectivity index (χ0n) is 16.2. The lowest BCUT2D eigenvalue weighted by atomic mass is 9.80. The number of benzene rings is 1. The molecule has 0 saturated carbocycles. The van der Waals surface area contributed by atoms with Gasteiger partial charge >= 0.3 is 0 Å². The molecule has 2 rings (SSSR count). The summed E-state index contributed by atoms with van der Waals surface area (Å²) in [6.45, 7) is 13.0. The van der Waals surface area contributed by atoms with Crippen LogP contribution in [0.2, 0.25) is 0 Å². The van der Waals surface area contributed by atoms with Crippen LogP contribution in [0.5, 0.6) is 0 Å². The number of isocyanates is 2. The van der Waals surface area contributed by atoms with Gasteiger partial charge in [-0.15, -0.1) is 0 Å². The zero-order valence-corrected chi connectivity index (χ0v) is 16.2. The molecule has 4 heteroatoms. The molecule has 0 bridgehead atoms. The highest BCUT2D eigenvalue weighted by atomic mass is 16.1.